The van der Waals surface area contributed by atoms with E-state index in [1.165, 1.54) is 0 Å². The van der Waals surface area contributed by atoms with Gasteiger partial charge in [0.15, 0.2) is 0 Å². The molecule has 1 aromatic rings. The Balaban J connectivity index is 2.98. The van der Waals surface area contributed by atoms with Gasteiger partial charge in [-0.3, -0.25) is 9.59 Å². The van der Waals surface area contributed by atoms with E-state index in [2.05, 4.69) is 0 Å². The predicted octanol–water partition coefficient (Wildman–Crippen LogP) is 1.64. The van der Waals surface area contributed by atoms with Gasteiger partial charge in [-0.15, -0.1) is 0 Å². The molecule has 1 atom stereocenters. The molecular formula is C11H12O4. The number of carboxylic acids is 2. The van der Waals surface area contributed by atoms with Crippen LogP contribution in [0.5, 0.6) is 0 Å². The first kappa shape index (κ1) is 11.2. The Kier molecular flexibility index (Phi) is 3.44. The average Bonchev–Trinajstić information content (AvgIpc) is 2.13. The minimum absolute atomic E-state index is 0.390. The van der Waals surface area contributed by atoms with Crippen LogP contribution in [0.1, 0.15) is 23.5 Å². The molecule has 2 N–H and O–H groups in total. The lowest BCUT2D eigenvalue weighted by molar-refractivity contribution is -0.145. The number of carbonyl (C=O) groups is 2. The summed E-state index contributed by atoms with van der Waals surface area (Å²) in [5, 5.41) is 17.5. The molecule has 0 aromatic heterocycles. The van der Waals surface area contributed by atoms with E-state index in [9.17, 15) is 9.59 Å². The number of carboxylic acid groups (broad SMARTS) is 2. The molecule has 4 nitrogen and oxygen atoms in total. The molecule has 0 fully saturated rings. The van der Waals surface area contributed by atoms with E-state index >= 15 is 0 Å². The van der Waals surface area contributed by atoms with E-state index in [1.807, 2.05) is 13.0 Å². The lowest BCUT2D eigenvalue weighted by atomic mass is 9.95. The third-order valence-corrected chi connectivity index (χ3v) is 2.12. The number of rotatable bonds is 4. The summed E-state index contributed by atoms with van der Waals surface area (Å²) in [6.07, 6.45) is -0.390. The molecule has 0 aliphatic rings. The van der Waals surface area contributed by atoms with Gasteiger partial charge in [-0.25, -0.2) is 0 Å². The van der Waals surface area contributed by atoms with Crippen molar-refractivity contribution in [2.45, 2.75) is 19.3 Å². The van der Waals surface area contributed by atoms with Crippen LogP contribution >= 0.6 is 0 Å². The van der Waals surface area contributed by atoms with Gasteiger partial charge >= 0.3 is 11.9 Å². The fourth-order valence-corrected chi connectivity index (χ4v) is 1.41. The van der Waals surface area contributed by atoms with Gasteiger partial charge in [0.25, 0.3) is 0 Å². The normalized spacial score (nSPS) is 12.1. The van der Waals surface area contributed by atoms with Crippen molar-refractivity contribution < 1.29 is 19.8 Å². The summed E-state index contributed by atoms with van der Waals surface area (Å²) < 4.78 is 0. The van der Waals surface area contributed by atoms with Crippen LogP contribution in [0.3, 0.4) is 0 Å². The Morgan fingerprint density at radius 3 is 2.47 bits per heavy atom. The largest absolute Gasteiger partial charge is 0.481 e. The molecule has 15 heavy (non-hydrogen) atoms. The van der Waals surface area contributed by atoms with E-state index in [0.29, 0.717) is 5.56 Å². The van der Waals surface area contributed by atoms with Gasteiger partial charge in [0.1, 0.15) is 0 Å². The van der Waals surface area contributed by atoms with Crippen molar-refractivity contribution >= 4 is 11.9 Å². The summed E-state index contributed by atoms with van der Waals surface area (Å²) in [5.74, 6) is -3.19. The highest BCUT2D eigenvalue weighted by Crippen LogP contribution is 2.20. The molecule has 0 aliphatic carbocycles. The first-order valence-electron chi connectivity index (χ1n) is 4.52. The lowest BCUT2D eigenvalue weighted by Gasteiger charge is -2.10. The Labute approximate surface area is 87.2 Å². The van der Waals surface area contributed by atoms with Gasteiger partial charge < -0.3 is 10.2 Å². The topological polar surface area (TPSA) is 74.6 Å². The summed E-state index contributed by atoms with van der Waals surface area (Å²) in [6.45, 7) is 1.84. The zero-order valence-corrected chi connectivity index (χ0v) is 8.30. The van der Waals surface area contributed by atoms with E-state index in [4.69, 9.17) is 10.2 Å². The fourth-order valence-electron chi connectivity index (χ4n) is 1.41. The molecule has 0 heterocycles. The van der Waals surface area contributed by atoms with Crippen LogP contribution in [-0.2, 0) is 9.59 Å². The van der Waals surface area contributed by atoms with E-state index in [1.54, 1.807) is 18.2 Å². The minimum atomic E-state index is -1.11. The smallest absolute Gasteiger partial charge is 0.311 e. The first-order valence-corrected chi connectivity index (χ1v) is 4.52. The molecule has 1 aromatic carbocycles. The Morgan fingerprint density at radius 2 is 2.00 bits per heavy atom. The van der Waals surface area contributed by atoms with Gasteiger partial charge in [-0.05, 0) is 12.5 Å². The maximum absolute atomic E-state index is 10.9. The number of aryl methyl sites for hydroxylation is 1. The molecule has 0 bridgehead atoms. The summed E-state index contributed by atoms with van der Waals surface area (Å²) in [6, 6.07) is 6.89. The second-order valence-electron chi connectivity index (χ2n) is 3.40. The van der Waals surface area contributed by atoms with Crippen LogP contribution in [0.2, 0.25) is 0 Å². The van der Waals surface area contributed by atoms with Crippen molar-refractivity contribution in [3.05, 3.63) is 35.4 Å². The van der Waals surface area contributed by atoms with Crippen molar-refractivity contribution in [1.29, 1.82) is 0 Å². The minimum Gasteiger partial charge on any atom is -0.481 e. The molecule has 0 amide bonds. The van der Waals surface area contributed by atoms with Crippen molar-refractivity contribution in [3.63, 3.8) is 0 Å². The monoisotopic (exact) mass is 208 g/mol. The molecule has 0 aliphatic heterocycles. The zero-order valence-electron chi connectivity index (χ0n) is 8.30. The third-order valence-electron chi connectivity index (χ3n) is 2.12. The fraction of sp³-hybridized carbons (Fsp3) is 0.273. The molecule has 0 saturated carbocycles. The summed E-state index contributed by atoms with van der Waals surface area (Å²) >= 11 is 0. The predicted molar refractivity (Wildman–Crippen MR) is 53.8 cm³/mol. The van der Waals surface area contributed by atoms with Crippen molar-refractivity contribution in [2.75, 3.05) is 0 Å². The number of hydrogen-bond acceptors (Lipinski definition) is 2. The first-order chi connectivity index (χ1) is 7.00. The van der Waals surface area contributed by atoms with Crippen molar-refractivity contribution in [2.24, 2.45) is 0 Å². The van der Waals surface area contributed by atoms with Crippen LogP contribution < -0.4 is 0 Å². The third kappa shape index (κ3) is 3.09. The molecule has 0 radical (unpaired) electrons. The van der Waals surface area contributed by atoms with E-state index in [-0.39, 0.29) is 0 Å². The average molecular weight is 208 g/mol. The highest BCUT2D eigenvalue weighted by Gasteiger charge is 2.22. The van der Waals surface area contributed by atoms with Gasteiger partial charge in [0, 0.05) is 0 Å². The zero-order chi connectivity index (χ0) is 11.4. The molecule has 0 unspecified atom stereocenters. The molecule has 80 valence electrons. The highest BCUT2D eigenvalue weighted by atomic mass is 16.4. The van der Waals surface area contributed by atoms with Gasteiger partial charge in [0.05, 0.1) is 12.3 Å². The van der Waals surface area contributed by atoms with Crippen LogP contribution in [0.25, 0.3) is 0 Å². The second-order valence-corrected chi connectivity index (χ2v) is 3.40. The molecule has 0 saturated heterocycles. The quantitative estimate of drug-likeness (QED) is 0.788. The Morgan fingerprint density at radius 1 is 1.33 bits per heavy atom. The molecule has 0 spiro atoms. The summed E-state index contributed by atoms with van der Waals surface area (Å²) in [7, 11) is 0. The van der Waals surface area contributed by atoms with Crippen LogP contribution in [0.15, 0.2) is 24.3 Å². The van der Waals surface area contributed by atoms with Crippen LogP contribution in [-0.4, -0.2) is 22.2 Å². The number of hydrogen-bond donors (Lipinski definition) is 2. The van der Waals surface area contributed by atoms with E-state index in [0.717, 1.165) is 5.56 Å². The van der Waals surface area contributed by atoms with Crippen LogP contribution in [0, 0.1) is 6.92 Å². The number of aliphatic carboxylic acids is 2. The molecule has 4 heteroatoms. The maximum atomic E-state index is 10.9. The molecular weight excluding hydrogens is 196 g/mol. The molecule has 1 rings (SSSR count). The van der Waals surface area contributed by atoms with Crippen molar-refractivity contribution in [3.8, 4) is 0 Å². The van der Waals surface area contributed by atoms with Crippen molar-refractivity contribution in [1.82, 2.24) is 0 Å². The lowest BCUT2D eigenvalue weighted by Crippen LogP contribution is -2.15. The highest BCUT2D eigenvalue weighted by molar-refractivity contribution is 5.82. The standard InChI is InChI=1S/C11H12O4/c1-7-3-2-4-8(5-7)9(11(14)15)6-10(12)13/h2-5,9H,6H2,1H3,(H,12,13)(H,14,15)/t9-/m1/s1. The summed E-state index contributed by atoms with van der Waals surface area (Å²) in [4.78, 5) is 21.4. The van der Waals surface area contributed by atoms with Gasteiger partial charge in [0.2, 0.25) is 0 Å². The van der Waals surface area contributed by atoms with Crippen LogP contribution in [0.4, 0.5) is 0 Å². The Hall–Kier alpha value is -1.84. The number of benzene rings is 1. The second kappa shape index (κ2) is 4.59. The van der Waals surface area contributed by atoms with Gasteiger partial charge in [-0.1, -0.05) is 29.8 Å². The van der Waals surface area contributed by atoms with Gasteiger partial charge in [-0.2, -0.15) is 0 Å². The Bertz CT molecular complexity index is 384. The SMILES string of the molecule is Cc1cccc([C@@H](CC(=O)O)C(=O)O)c1. The van der Waals surface area contributed by atoms with E-state index < -0.39 is 24.3 Å². The summed E-state index contributed by atoms with van der Waals surface area (Å²) in [5.41, 5.74) is 1.45. The maximum Gasteiger partial charge on any atom is 0.311 e.